The average Bonchev–Trinajstić information content (AvgIpc) is 2.66. The molecule has 0 saturated carbocycles. The normalized spacial score (nSPS) is 11.4. The van der Waals surface area contributed by atoms with Crippen molar-refractivity contribution in [2.45, 2.75) is 44.9 Å². The maximum Gasteiger partial charge on any atom is 0.266 e. The number of rotatable bonds is 6. The first-order valence-electron chi connectivity index (χ1n) is 9.51. The highest BCUT2D eigenvalue weighted by Crippen LogP contribution is 2.24. The molecule has 0 atom stereocenters. The van der Waals surface area contributed by atoms with Crippen LogP contribution in [0, 0.1) is 0 Å². The van der Waals surface area contributed by atoms with Gasteiger partial charge in [0.2, 0.25) is 5.91 Å². The summed E-state index contributed by atoms with van der Waals surface area (Å²) < 4.78 is 1.53. The van der Waals surface area contributed by atoms with E-state index in [9.17, 15) is 9.59 Å². The number of fused-ring (bicyclic) bond motifs is 1. The number of nitrogens with zero attached hydrogens (tertiary/aromatic N) is 3. The molecule has 1 heterocycles. The van der Waals surface area contributed by atoms with Gasteiger partial charge in [0, 0.05) is 17.1 Å². The first kappa shape index (κ1) is 21.4. The van der Waals surface area contributed by atoms with Gasteiger partial charge >= 0.3 is 0 Å². The second-order valence-electron chi connectivity index (χ2n) is 7.31. The van der Waals surface area contributed by atoms with Gasteiger partial charge in [-0.3, -0.25) is 14.2 Å². The number of carbonyl (C=O) groups is 1. The van der Waals surface area contributed by atoms with Crippen molar-refractivity contribution in [2.24, 2.45) is 0 Å². The van der Waals surface area contributed by atoms with E-state index >= 15 is 0 Å². The van der Waals surface area contributed by atoms with Crippen molar-refractivity contribution < 1.29 is 4.79 Å². The van der Waals surface area contributed by atoms with Crippen LogP contribution in [0.25, 0.3) is 16.6 Å². The Morgan fingerprint density at radius 1 is 1.10 bits per heavy atom. The molecule has 0 aliphatic heterocycles. The van der Waals surface area contributed by atoms with Gasteiger partial charge in [-0.2, -0.15) is 0 Å². The SMILES string of the molecule is CC(C)N(C(=O)CSc1nc2ccccc2c(=O)n1-c1cccc(Cl)c1)C(C)C. The van der Waals surface area contributed by atoms with Crippen molar-refractivity contribution in [1.82, 2.24) is 14.5 Å². The highest BCUT2D eigenvalue weighted by atomic mass is 35.5. The van der Waals surface area contributed by atoms with Crippen LogP contribution in [-0.2, 0) is 4.79 Å². The van der Waals surface area contributed by atoms with Gasteiger partial charge in [-0.05, 0) is 58.0 Å². The predicted molar refractivity (Wildman–Crippen MR) is 120 cm³/mol. The standard InChI is InChI=1S/C22H24ClN3O2S/c1-14(2)25(15(3)4)20(27)13-29-22-24-19-11-6-5-10-18(19)21(28)26(22)17-9-7-8-16(23)12-17/h5-12,14-15H,13H2,1-4H3. The monoisotopic (exact) mass is 429 g/mol. The molecule has 0 bridgehead atoms. The number of thioether (sulfide) groups is 1. The van der Waals surface area contributed by atoms with Gasteiger partial charge < -0.3 is 4.90 Å². The lowest BCUT2D eigenvalue weighted by Gasteiger charge is -2.30. The molecule has 152 valence electrons. The molecule has 3 rings (SSSR count). The number of carbonyl (C=O) groups excluding carboxylic acids is 1. The summed E-state index contributed by atoms with van der Waals surface area (Å²) in [5.41, 5.74) is 1.05. The van der Waals surface area contributed by atoms with Crippen molar-refractivity contribution in [3.8, 4) is 5.69 Å². The molecule has 0 N–H and O–H groups in total. The fourth-order valence-corrected chi connectivity index (χ4v) is 4.49. The van der Waals surface area contributed by atoms with E-state index in [-0.39, 0.29) is 29.3 Å². The van der Waals surface area contributed by atoms with Crippen LogP contribution in [0.1, 0.15) is 27.7 Å². The summed E-state index contributed by atoms with van der Waals surface area (Å²) in [7, 11) is 0. The third kappa shape index (κ3) is 4.65. The van der Waals surface area contributed by atoms with Gasteiger partial charge in [-0.1, -0.05) is 41.6 Å². The number of amides is 1. The van der Waals surface area contributed by atoms with Gasteiger partial charge in [0.25, 0.3) is 5.56 Å². The van der Waals surface area contributed by atoms with E-state index < -0.39 is 0 Å². The van der Waals surface area contributed by atoms with E-state index in [1.807, 2.05) is 50.8 Å². The topological polar surface area (TPSA) is 55.2 Å². The van der Waals surface area contributed by atoms with Gasteiger partial charge in [0.1, 0.15) is 0 Å². The quantitative estimate of drug-likeness (QED) is 0.418. The second-order valence-corrected chi connectivity index (χ2v) is 8.69. The minimum absolute atomic E-state index is 0.0139. The summed E-state index contributed by atoms with van der Waals surface area (Å²) in [6, 6.07) is 14.5. The van der Waals surface area contributed by atoms with E-state index in [1.54, 1.807) is 30.3 Å². The van der Waals surface area contributed by atoms with Crippen molar-refractivity contribution in [1.29, 1.82) is 0 Å². The van der Waals surface area contributed by atoms with E-state index in [1.165, 1.54) is 16.3 Å². The number of aromatic nitrogens is 2. The Labute approximate surface area is 179 Å². The fraction of sp³-hybridized carbons (Fsp3) is 0.318. The number of para-hydroxylation sites is 1. The third-order valence-corrected chi connectivity index (χ3v) is 5.70. The number of halogens is 1. The molecule has 5 nitrogen and oxygen atoms in total. The zero-order valence-corrected chi connectivity index (χ0v) is 18.5. The molecule has 0 spiro atoms. The second kappa shape index (κ2) is 9.01. The molecule has 0 unspecified atom stereocenters. The molecule has 0 fully saturated rings. The summed E-state index contributed by atoms with van der Waals surface area (Å²) in [4.78, 5) is 32.6. The number of hydrogen-bond acceptors (Lipinski definition) is 4. The Morgan fingerprint density at radius 2 is 1.79 bits per heavy atom. The third-order valence-electron chi connectivity index (χ3n) is 4.54. The smallest absolute Gasteiger partial charge is 0.266 e. The van der Waals surface area contributed by atoms with Crippen LogP contribution in [0.15, 0.2) is 58.5 Å². The number of benzene rings is 2. The van der Waals surface area contributed by atoms with Crippen molar-refractivity contribution in [3.63, 3.8) is 0 Å². The molecule has 29 heavy (non-hydrogen) atoms. The lowest BCUT2D eigenvalue weighted by atomic mass is 10.2. The van der Waals surface area contributed by atoms with Crippen LogP contribution in [0.5, 0.6) is 0 Å². The lowest BCUT2D eigenvalue weighted by molar-refractivity contribution is -0.131. The van der Waals surface area contributed by atoms with Crippen molar-refractivity contribution >= 4 is 40.2 Å². The molecule has 3 aromatic rings. The van der Waals surface area contributed by atoms with Crippen molar-refractivity contribution in [3.05, 3.63) is 63.9 Å². The fourth-order valence-electron chi connectivity index (χ4n) is 3.43. The molecular formula is C22H24ClN3O2S. The van der Waals surface area contributed by atoms with E-state index in [4.69, 9.17) is 11.6 Å². The Balaban J connectivity index is 2.06. The first-order chi connectivity index (χ1) is 13.8. The zero-order valence-electron chi connectivity index (χ0n) is 16.9. The van der Waals surface area contributed by atoms with Crippen LogP contribution < -0.4 is 5.56 Å². The zero-order chi connectivity index (χ0) is 21.1. The van der Waals surface area contributed by atoms with Crippen LogP contribution in [-0.4, -0.2) is 38.2 Å². The molecule has 1 aromatic heterocycles. The van der Waals surface area contributed by atoms with Gasteiger partial charge in [-0.25, -0.2) is 4.98 Å². The Bertz CT molecular complexity index is 1090. The predicted octanol–water partition coefficient (Wildman–Crippen LogP) is 4.78. The van der Waals surface area contributed by atoms with Gasteiger partial charge in [0.05, 0.1) is 22.3 Å². The van der Waals surface area contributed by atoms with Crippen LogP contribution >= 0.6 is 23.4 Å². The van der Waals surface area contributed by atoms with Crippen LogP contribution in [0.2, 0.25) is 5.02 Å². The molecule has 7 heteroatoms. The van der Waals surface area contributed by atoms with Crippen molar-refractivity contribution in [2.75, 3.05) is 5.75 Å². The largest absolute Gasteiger partial charge is 0.337 e. The highest BCUT2D eigenvalue weighted by Gasteiger charge is 2.21. The molecule has 0 saturated heterocycles. The summed E-state index contributed by atoms with van der Waals surface area (Å²) in [5, 5.41) is 1.52. The highest BCUT2D eigenvalue weighted by molar-refractivity contribution is 7.99. The first-order valence-corrected chi connectivity index (χ1v) is 10.9. The van der Waals surface area contributed by atoms with E-state index in [2.05, 4.69) is 4.98 Å². The molecular weight excluding hydrogens is 406 g/mol. The summed E-state index contributed by atoms with van der Waals surface area (Å²) in [6.07, 6.45) is 0. The average molecular weight is 430 g/mol. The van der Waals surface area contributed by atoms with E-state index in [0.29, 0.717) is 26.8 Å². The maximum absolute atomic E-state index is 13.2. The molecule has 1 amide bonds. The maximum atomic E-state index is 13.2. The Kier molecular flexibility index (Phi) is 6.65. The summed E-state index contributed by atoms with van der Waals surface area (Å²) in [6.45, 7) is 7.99. The van der Waals surface area contributed by atoms with Gasteiger partial charge in [-0.15, -0.1) is 0 Å². The molecule has 0 radical (unpaired) electrons. The molecule has 2 aromatic carbocycles. The van der Waals surface area contributed by atoms with E-state index in [0.717, 1.165) is 0 Å². The Hall–Kier alpha value is -2.31. The molecule has 0 aliphatic rings. The number of hydrogen-bond donors (Lipinski definition) is 0. The van der Waals surface area contributed by atoms with Gasteiger partial charge in [0.15, 0.2) is 5.16 Å². The van der Waals surface area contributed by atoms with Crippen LogP contribution in [0.3, 0.4) is 0 Å². The summed E-state index contributed by atoms with van der Waals surface area (Å²) >= 11 is 7.42. The Morgan fingerprint density at radius 3 is 2.45 bits per heavy atom. The van der Waals surface area contributed by atoms with Crippen LogP contribution in [0.4, 0.5) is 0 Å². The minimum atomic E-state index is -0.183. The minimum Gasteiger partial charge on any atom is -0.337 e. The molecule has 0 aliphatic carbocycles. The summed E-state index contributed by atoms with van der Waals surface area (Å²) in [5.74, 6) is 0.210. The lowest BCUT2D eigenvalue weighted by Crippen LogP contribution is -2.43.